The Morgan fingerprint density at radius 2 is 1.94 bits per heavy atom. The van der Waals surface area contributed by atoms with Crippen molar-refractivity contribution in [1.82, 2.24) is 9.38 Å². The average Bonchev–Trinajstić information content (AvgIpc) is 3.18. The van der Waals surface area contributed by atoms with Gasteiger partial charge in [0.05, 0.1) is 11.6 Å². The van der Waals surface area contributed by atoms with Gasteiger partial charge in [0.15, 0.2) is 0 Å². The topological polar surface area (TPSA) is 81.0 Å². The highest BCUT2D eigenvalue weighted by molar-refractivity contribution is 5.99. The number of nitrogens with zero attached hydrogens (tertiary/aromatic N) is 3. The highest BCUT2D eigenvalue weighted by atomic mass is 16.5. The van der Waals surface area contributed by atoms with Crippen molar-refractivity contribution in [2.45, 2.75) is 46.1 Å². The van der Waals surface area contributed by atoms with Gasteiger partial charge in [0, 0.05) is 30.9 Å². The van der Waals surface area contributed by atoms with Crippen LogP contribution in [0.5, 0.6) is 0 Å². The van der Waals surface area contributed by atoms with E-state index in [1.165, 1.54) is 16.0 Å². The van der Waals surface area contributed by atoms with Crippen molar-refractivity contribution in [3.8, 4) is 0 Å². The molecule has 1 aliphatic rings. The summed E-state index contributed by atoms with van der Waals surface area (Å²) in [6.45, 7) is 4.24. The van der Waals surface area contributed by atoms with Gasteiger partial charge in [-0.15, -0.1) is 0 Å². The molecule has 1 fully saturated rings. The van der Waals surface area contributed by atoms with E-state index in [1.807, 2.05) is 37.3 Å². The molecule has 3 heterocycles. The highest BCUT2D eigenvalue weighted by Crippen LogP contribution is 2.26. The summed E-state index contributed by atoms with van der Waals surface area (Å²) in [5.74, 6) is -1.08. The SMILES string of the molecule is CCCCc1ccc(N2CC(C(=O)OCc3cc(=O)n4cc(C)ccc4n3)CC2=O)cc1. The molecule has 1 aliphatic heterocycles. The predicted octanol–water partition coefficient (Wildman–Crippen LogP) is 3.44. The summed E-state index contributed by atoms with van der Waals surface area (Å²) in [6.07, 6.45) is 5.12. The van der Waals surface area contributed by atoms with Gasteiger partial charge in [0.2, 0.25) is 5.91 Å². The van der Waals surface area contributed by atoms with E-state index in [2.05, 4.69) is 11.9 Å². The Labute approximate surface area is 186 Å². The second-order valence-corrected chi connectivity index (χ2v) is 8.30. The Morgan fingerprint density at radius 3 is 2.69 bits per heavy atom. The van der Waals surface area contributed by atoms with Gasteiger partial charge < -0.3 is 9.64 Å². The molecule has 0 radical (unpaired) electrons. The maximum atomic E-state index is 12.6. The number of amides is 1. The van der Waals surface area contributed by atoms with Crippen LogP contribution in [-0.4, -0.2) is 27.8 Å². The summed E-state index contributed by atoms with van der Waals surface area (Å²) < 4.78 is 6.87. The first kappa shape index (κ1) is 21.7. The largest absolute Gasteiger partial charge is 0.459 e. The standard InChI is InChI=1S/C25H27N3O4/c1-3-4-5-18-7-9-21(10-8-18)27-15-19(12-23(27)29)25(31)32-16-20-13-24(30)28-14-17(2)6-11-22(28)26-20/h6-11,13-14,19H,3-5,12,15-16H2,1-2H3. The molecule has 0 aliphatic carbocycles. The van der Waals surface area contributed by atoms with Gasteiger partial charge in [-0.1, -0.05) is 31.5 Å². The number of aryl methyl sites for hydroxylation is 2. The van der Waals surface area contributed by atoms with Crippen LogP contribution in [0.25, 0.3) is 5.65 Å². The van der Waals surface area contributed by atoms with Crippen LogP contribution in [0.2, 0.25) is 0 Å². The van der Waals surface area contributed by atoms with E-state index in [0.29, 0.717) is 17.9 Å². The van der Waals surface area contributed by atoms with Crippen LogP contribution in [0.1, 0.15) is 43.0 Å². The highest BCUT2D eigenvalue weighted by Gasteiger charge is 2.36. The maximum Gasteiger partial charge on any atom is 0.311 e. The third-order valence-electron chi connectivity index (χ3n) is 5.75. The minimum Gasteiger partial charge on any atom is -0.459 e. The number of unbranched alkanes of at least 4 members (excludes halogenated alkanes) is 1. The summed E-state index contributed by atoms with van der Waals surface area (Å²) in [5.41, 5.74) is 3.65. The first-order valence-electron chi connectivity index (χ1n) is 11.0. The molecule has 1 unspecified atom stereocenters. The Morgan fingerprint density at radius 1 is 1.16 bits per heavy atom. The van der Waals surface area contributed by atoms with Crippen LogP contribution >= 0.6 is 0 Å². The summed E-state index contributed by atoms with van der Waals surface area (Å²) in [5, 5.41) is 0. The van der Waals surface area contributed by atoms with Crippen molar-refractivity contribution in [2.75, 3.05) is 11.4 Å². The van der Waals surface area contributed by atoms with E-state index in [0.717, 1.165) is 30.5 Å². The van der Waals surface area contributed by atoms with Crippen molar-refractivity contribution in [2.24, 2.45) is 5.92 Å². The molecule has 2 aromatic heterocycles. The fraction of sp³-hybridized carbons (Fsp3) is 0.360. The zero-order valence-electron chi connectivity index (χ0n) is 18.4. The molecule has 4 rings (SSSR count). The van der Waals surface area contributed by atoms with E-state index in [9.17, 15) is 14.4 Å². The lowest BCUT2D eigenvalue weighted by Crippen LogP contribution is -2.26. The number of aromatic nitrogens is 2. The van der Waals surface area contributed by atoms with Crippen molar-refractivity contribution < 1.29 is 14.3 Å². The van der Waals surface area contributed by atoms with Crippen molar-refractivity contribution in [1.29, 1.82) is 0 Å². The third-order valence-corrected chi connectivity index (χ3v) is 5.75. The number of hydrogen-bond donors (Lipinski definition) is 0. The van der Waals surface area contributed by atoms with Crippen LogP contribution in [0.3, 0.4) is 0 Å². The molecule has 0 bridgehead atoms. The van der Waals surface area contributed by atoms with Crippen molar-refractivity contribution >= 4 is 23.2 Å². The molecule has 1 atom stereocenters. The molecule has 32 heavy (non-hydrogen) atoms. The van der Waals surface area contributed by atoms with Crippen LogP contribution < -0.4 is 10.5 Å². The molecular weight excluding hydrogens is 406 g/mol. The Balaban J connectivity index is 1.38. The number of esters is 1. The second kappa shape index (κ2) is 9.34. The van der Waals surface area contributed by atoms with Gasteiger partial charge in [-0.25, -0.2) is 4.98 Å². The summed E-state index contributed by atoms with van der Waals surface area (Å²) in [6, 6.07) is 12.9. The molecule has 3 aromatic rings. The van der Waals surface area contributed by atoms with E-state index in [-0.39, 0.29) is 24.5 Å². The smallest absolute Gasteiger partial charge is 0.311 e. The van der Waals surface area contributed by atoms with Gasteiger partial charge in [0.25, 0.3) is 5.56 Å². The van der Waals surface area contributed by atoms with Crippen LogP contribution in [0.4, 0.5) is 5.69 Å². The number of rotatable bonds is 7. The molecule has 7 heteroatoms. The van der Waals surface area contributed by atoms with Crippen molar-refractivity contribution in [3.63, 3.8) is 0 Å². The molecule has 1 amide bonds. The number of fused-ring (bicyclic) bond motifs is 1. The monoisotopic (exact) mass is 433 g/mol. The summed E-state index contributed by atoms with van der Waals surface area (Å²) in [4.78, 5) is 43.4. The average molecular weight is 434 g/mol. The number of hydrogen-bond acceptors (Lipinski definition) is 5. The zero-order chi connectivity index (χ0) is 22.7. The van der Waals surface area contributed by atoms with Gasteiger partial charge in [-0.3, -0.25) is 18.8 Å². The number of benzene rings is 1. The lowest BCUT2D eigenvalue weighted by atomic mass is 10.1. The van der Waals surface area contributed by atoms with Crippen LogP contribution in [-0.2, 0) is 27.4 Å². The first-order valence-corrected chi connectivity index (χ1v) is 11.0. The molecular formula is C25H27N3O4. The molecule has 0 spiro atoms. The summed E-state index contributed by atoms with van der Waals surface area (Å²) in [7, 11) is 0. The third kappa shape index (κ3) is 4.72. The number of pyridine rings is 1. The van der Waals surface area contributed by atoms with Crippen molar-refractivity contribution in [3.05, 3.63) is 75.8 Å². The van der Waals surface area contributed by atoms with E-state index in [4.69, 9.17) is 4.74 Å². The Bertz CT molecular complexity index is 1200. The normalized spacial score (nSPS) is 16.0. The first-order chi connectivity index (χ1) is 15.4. The quantitative estimate of drug-likeness (QED) is 0.533. The maximum absolute atomic E-state index is 12.6. The van der Waals surface area contributed by atoms with Gasteiger partial charge >= 0.3 is 5.97 Å². The fourth-order valence-electron chi connectivity index (χ4n) is 3.93. The minimum atomic E-state index is -0.536. The molecule has 166 valence electrons. The Kier molecular flexibility index (Phi) is 6.35. The lowest BCUT2D eigenvalue weighted by molar-refractivity contribution is -0.149. The zero-order valence-corrected chi connectivity index (χ0v) is 18.4. The molecule has 0 saturated carbocycles. The Hall–Kier alpha value is -3.48. The minimum absolute atomic E-state index is 0.0919. The lowest BCUT2D eigenvalue weighted by Gasteiger charge is -2.17. The second-order valence-electron chi connectivity index (χ2n) is 8.30. The predicted molar refractivity (Wildman–Crippen MR) is 122 cm³/mol. The number of anilines is 1. The fourth-order valence-corrected chi connectivity index (χ4v) is 3.93. The molecule has 7 nitrogen and oxygen atoms in total. The molecule has 0 N–H and O–H groups in total. The van der Waals surface area contributed by atoms with Crippen LogP contribution in [0, 0.1) is 12.8 Å². The van der Waals surface area contributed by atoms with E-state index in [1.54, 1.807) is 17.2 Å². The molecule has 1 aromatic carbocycles. The van der Waals surface area contributed by atoms with Gasteiger partial charge in [0.1, 0.15) is 12.3 Å². The van der Waals surface area contributed by atoms with E-state index < -0.39 is 11.9 Å². The van der Waals surface area contributed by atoms with Gasteiger partial charge in [-0.2, -0.15) is 0 Å². The number of carbonyl (C=O) groups excluding carboxylic acids is 2. The van der Waals surface area contributed by atoms with Crippen LogP contribution in [0.15, 0.2) is 53.5 Å². The molecule has 1 saturated heterocycles. The number of ether oxygens (including phenoxy) is 1. The van der Waals surface area contributed by atoms with Gasteiger partial charge in [-0.05, 0) is 49.1 Å². The summed E-state index contributed by atoms with van der Waals surface area (Å²) >= 11 is 0. The van der Waals surface area contributed by atoms with E-state index >= 15 is 0 Å². The number of carbonyl (C=O) groups is 2.